The summed E-state index contributed by atoms with van der Waals surface area (Å²) in [7, 11) is 0. The van der Waals surface area contributed by atoms with Gasteiger partial charge in [0.2, 0.25) is 5.91 Å². The molecule has 3 N–H and O–H groups in total. The van der Waals surface area contributed by atoms with E-state index in [-0.39, 0.29) is 6.42 Å². The van der Waals surface area contributed by atoms with Crippen LogP contribution in [0.15, 0.2) is 24.5 Å². The molecular formula is C11H14N2O4. The standard InChI is InChI=1S/C11H14N2O4/c14-7-9(11(16)17)13-10(15)2-1-8-3-5-12-6-4-8/h3-6,9,14H,1-2,7H2,(H,13,15)(H,16,17)/t9-/m1/s1. The maximum atomic E-state index is 11.4. The zero-order chi connectivity index (χ0) is 12.7. The normalized spacial score (nSPS) is 11.8. The molecule has 0 aromatic carbocycles. The Bertz CT molecular complexity index is 380. The van der Waals surface area contributed by atoms with Gasteiger partial charge in [-0.2, -0.15) is 0 Å². The van der Waals surface area contributed by atoms with Crippen LogP contribution in [0.3, 0.4) is 0 Å². The van der Waals surface area contributed by atoms with Gasteiger partial charge in [-0.15, -0.1) is 0 Å². The minimum atomic E-state index is -1.25. The van der Waals surface area contributed by atoms with Gasteiger partial charge in [-0.3, -0.25) is 9.78 Å². The van der Waals surface area contributed by atoms with Crippen molar-refractivity contribution in [1.29, 1.82) is 0 Å². The van der Waals surface area contributed by atoms with E-state index >= 15 is 0 Å². The molecule has 6 nitrogen and oxygen atoms in total. The zero-order valence-corrected chi connectivity index (χ0v) is 9.17. The van der Waals surface area contributed by atoms with Crippen LogP contribution < -0.4 is 5.32 Å². The summed E-state index contributed by atoms with van der Waals surface area (Å²) < 4.78 is 0. The fraction of sp³-hybridized carbons (Fsp3) is 0.364. The van der Waals surface area contributed by atoms with Gasteiger partial charge in [0.25, 0.3) is 0 Å². The molecule has 0 saturated carbocycles. The fourth-order valence-electron chi connectivity index (χ4n) is 1.26. The smallest absolute Gasteiger partial charge is 0.328 e. The van der Waals surface area contributed by atoms with Gasteiger partial charge in [0.15, 0.2) is 0 Å². The molecule has 1 aromatic heterocycles. The van der Waals surface area contributed by atoms with E-state index in [0.29, 0.717) is 6.42 Å². The predicted molar refractivity (Wildman–Crippen MR) is 59.2 cm³/mol. The molecule has 0 spiro atoms. The second kappa shape index (κ2) is 6.59. The first kappa shape index (κ1) is 13.1. The molecule has 17 heavy (non-hydrogen) atoms. The van der Waals surface area contributed by atoms with Crippen LogP contribution in [0, 0.1) is 0 Å². The third-order valence-electron chi connectivity index (χ3n) is 2.21. The number of hydrogen-bond donors (Lipinski definition) is 3. The van der Waals surface area contributed by atoms with Crippen LogP contribution in [-0.4, -0.2) is 39.7 Å². The van der Waals surface area contributed by atoms with Gasteiger partial charge in [-0.1, -0.05) is 0 Å². The lowest BCUT2D eigenvalue weighted by atomic mass is 10.1. The summed E-state index contributed by atoms with van der Waals surface area (Å²) >= 11 is 0. The number of hydrogen-bond acceptors (Lipinski definition) is 4. The lowest BCUT2D eigenvalue weighted by Gasteiger charge is -2.11. The molecule has 0 aliphatic rings. The van der Waals surface area contributed by atoms with Crippen molar-refractivity contribution in [1.82, 2.24) is 10.3 Å². The van der Waals surface area contributed by atoms with E-state index in [1.807, 2.05) is 0 Å². The molecule has 1 heterocycles. The minimum absolute atomic E-state index is 0.174. The van der Waals surface area contributed by atoms with Crippen LogP contribution in [0.2, 0.25) is 0 Å². The number of carbonyl (C=O) groups is 2. The summed E-state index contributed by atoms with van der Waals surface area (Å²) in [5.41, 5.74) is 0.950. The number of nitrogens with one attached hydrogen (secondary N) is 1. The van der Waals surface area contributed by atoms with Crippen molar-refractivity contribution in [2.24, 2.45) is 0 Å². The molecule has 1 aromatic rings. The fourth-order valence-corrected chi connectivity index (χ4v) is 1.26. The second-order valence-corrected chi connectivity index (χ2v) is 3.50. The number of aliphatic carboxylic acids is 1. The highest BCUT2D eigenvalue weighted by atomic mass is 16.4. The van der Waals surface area contributed by atoms with Crippen LogP contribution in [0.1, 0.15) is 12.0 Å². The number of aromatic nitrogens is 1. The Hall–Kier alpha value is -1.95. The highest BCUT2D eigenvalue weighted by Crippen LogP contribution is 2.00. The van der Waals surface area contributed by atoms with Gasteiger partial charge in [-0.25, -0.2) is 4.79 Å². The first-order chi connectivity index (χ1) is 8.13. The van der Waals surface area contributed by atoms with E-state index in [4.69, 9.17) is 10.2 Å². The number of carboxylic acids is 1. The molecule has 0 aliphatic heterocycles. The van der Waals surface area contributed by atoms with Gasteiger partial charge in [0.1, 0.15) is 6.04 Å². The quantitative estimate of drug-likeness (QED) is 0.625. The van der Waals surface area contributed by atoms with E-state index in [1.165, 1.54) is 0 Å². The molecule has 92 valence electrons. The summed E-state index contributed by atoms with van der Waals surface area (Å²) in [4.78, 5) is 25.8. The number of carboxylic acid groups (broad SMARTS) is 1. The highest BCUT2D eigenvalue weighted by Gasteiger charge is 2.18. The van der Waals surface area contributed by atoms with Crippen molar-refractivity contribution in [3.63, 3.8) is 0 Å². The molecule has 1 atom stereocenters. The van der Waals surface area contributed by atoms with E-state index in [9.17, 15) is 9.59 Å². The lowest BCUT2D eigenvalue weighted by Crippen LogP contribution is -2.43. The summed E-state index contributed by atoms with van der Waals surface area (Å²) in [6.45, 7) is -0.615. The third-order valence-corrected chi connectivity index (χ3v) is 2.21. The Morgan fingerprint density at radius 1 is 1.35 bits per heavy atom. The van der Waals surface area contributed by atoms with Crippen molar-refractivity contribution in [3.05, 3.63) is 30.1 Å². The summed E-state index contributed by atoms with van der Waals surface area (Å²) in [6.07, 6.45) is 3.93. The molecule has 6 heteroatoms. The summed E-state index contributed by atoms with van der Waals surface area (Å²) in [6, 6.07) is 2.34. The molecule has 0 fully saturated rings. The molecule has 0 radical (unpaired) electrons. The number of aliphatic hydroxyl groups excluding tert-OH is 1. The van der Waals surface area contributed by atoms with Crippen molar-refractivity contribution >= 4 is 11.9 Å². The van der Waals surface area contributed by atoms with E-state index < -0.39 is 24.5 Å². The number of nitrogens with zero attached hydrogens (tertiary/aromatic N) is 1. The Kier molecular flexibility index (Phi) is 5.09. The van der Waals surface area contributed by atoms with Crippen LogP contribution in [0.5, 0.6) is 0 Å². The maximum absolute atomic E-state index is 11.4. The second-order valence-electron chi connectivity index (χ2n) is 3.50. The first-order valence-electron chi connectivity index (χ1n) is 5.15. The SMILES string of the molecule is O=C(CCc1ccncc1)N[C@H](CO)C(=O)O. The van der Waals surface area contributed by atoms with Gasteiger partial charge in [0, 0.05) is 18.8 Å². The Balaban J connectivity index is 2.37. The maximum Gasteiger partial charge on any atom is 0.328 e. The molecule has 0 unspecified atom stereocenters. The largest absolute Gasteiger partial charge is 0.480 e. The molecule has 1 rings (SSSR count). The van der Waals surface area contributed by atoms with E-state index in [2.05, 4.69) is 10.3 Å². The van der Waals surface area contributed by atoms with Gasteiger partial charge >= 0.3 is 5.97 Å². The van der Waals surface area contributed by atoms with Crippen LogP contribution >= 0.6 is 0 Å². The third kappa shape index (κ3) is 4.60. The monoisotopic (exact) mass is 238 g/mol. The van der Waals surface area contributed by atoms with Gasteiger partial charge in [-0.05, 0) is 24.1 Å². The number of pyridine rings is 1. The highest BCUT2D eigenvalue weighted by molar-refractivity contribution is 5.83. The number of aryl methyl sites for hydroxylation is 1. The predicted octanol–water partition coefficient (Wildman–Crippen LogP) is -0.424. The molecule has 0 bridgehead atoms. The van der Waals surface area contributed by atoms with Crippen LogP contribution in [-0.2, 0) is 16.0 Å². The average Bonchev–Trinajstić information content (AvgIpc) is 2.34. The topological polar surface area (TPSA) is 99.5 Å². The Morgan fingerprint density at radius 3 is 2.53 bits per heavy atom. The van der Waals surface area contributed by atoms with Crippen LogP contribution in [0.25, 0.3) is 0 Å². The van der Waals surface area contributed by atoms with Gasteiger partial charge < -0.3 is 15.5 Å². The van der Waals surface area contributed by atoms with Crippen molar-refractivity contribution in [2.45, 2.75) is 18.9 Å². The molecule has 0 saturated heterocycles. The average molecular weight is 238 g/mol. The van der Waals surface area contributed by atoms with Crippen molar-refractivity contribution < 1.29 is 19.8 Å². The lowest BCUT2D eigenvalue weighted by molar-refractivity contribution is -0.142. The Labute approximate surface area is 98.3 Å². The number of rotatable bonds is 6. The van der Waals surface area contributed by atoms with E-state index in [0.717, 1.165) is 5.56 Å². The van der Waals surface area contributed by atoms with Crippen LogP contribution in [0.4, 0.5) is 0 Å². The molecule has 0 aliphatic carbocycles. The van der Waals surface area contributed by atoms with Crippen molar-refractivity contribution in [3.8, 4) is 0 Å². The number of amides is 1. The van der Waals surface area contributed by atoms with Gasteiger partial charge in [0.05, 0.1) is 6.61 Å². The summed E-state index contributed by atoms with van der Waals surface area (Å²) in [5.74, 6) is -1.65. The minimum Gasteiger partial charge on any atom is -0.480 e. The number of carbonyl (C=O) groups excluding carboxylic acids is 1. The molecule has 1 amide bonds. The van der Waals surface area contributed by atoms with E-state index in [1.54, 1.807) is 24.5 Å². The Morgan fingerprint density at radius 2 is 2.00 bits per heavy atom. The molecular weight excluding hydrogens is 224 g/mol. The summed E-state index contributed by atoms with van der Waals surface area (Å²) in [5, 5.41) is 19.6. The first-order valence-corrected chi connectivity index (χ1v) is 5.15. The number of aliphatic hydroxyl groups is 1. The zero-order valence-electron chi connectivity index (χ0n) is 9.17. The van der Waals surface area contributed by atoms with Crippen molar-refractivity contribution in [2.75, 3.05) is 6.61 Å².